The lowest BCUT2D eigenvalue weighted by Gasteiger charge is -2.31. The van der Waals surface area contributed by atoms with Gasteiger partial charge < -0.3 is 10.6 Å². The van der Waals surface area contributed by atoms with Gasteiger partial charge in [0.15, 0.2) is 5.78 Å². The zero-order chi connectivity index (χ0) is 22.4. The van der Waals surface area contributed by atoms with Gasteiger partial charge in [0, 0.05) is 27.6 Å². The van der Waals surface area contributed by atoms with E-state index in [1.807, 2.05) is 58.0 Å². The van der Waals surface area contributed by atoms with Crippen LogP contribution in [0.2, 0.25) is 5.02 Å². The molecule has 0 aliphatic carbocycles. The van der Waals surface area contributed by atoms with Crippen LogP contribution >= 0.6 is 11.6 Å². The Morgan fingerprint density at radius 2 is 1.48 bits per heavy atom. The van der Waals surface area contributed by atoms with E-state index in [4.69, 9.17) is 21.6 Å². The highest BCUT2D eigenvalue weighted by molar-refractivity contribution is 6.31. The molecule has 0 saturated carbocycles. The molecule has 0 unspecified atom stereocenters. The molecule has 0 spiro atoms. The molecule has 31 heavy (non-hydrogen) atoms. The van der Waals surface area contributed by atoms with Crippen molar-refractivity contribution in [2.45, 2.75) is 27.7 Å². The number of benzene rings is 2. The summed E-state index contributed by atoms with van der Waals surface area (Å²) in [4.78, 5) is 22.9. The number of carbonyl (C=O) groups is 1. The molecule has 5 nitrogen and oxygen atoms in total. The molecule has 0 N–H and O–H groups in total. The molecular formula is C25H25ClN4O-2. The maximum absolute atomic E-state index is 13.4. The number of fused-ring (bicyclic) bond motifs is 1. The van der Waals surface area contributed by atoms with Crippen LogP contribution in [0.3, 0.4) is 0 Å². The minimum absolute atomic E-state index is 0.142. The predicted molar refractivity (Wildman–Crippen MR) is 131 cm³/mol. The molecule has 0 atom stereocenters. The van der Waals surface area contributed by atoms with E-state index in [1.165, 1.54) is 0 Å². The molecule has 1 aliphatic heterocycles. The summed E-state index contributed by atoms with van der Waals surface area (Å²) in [5.41, 5.74) is 5.36. The average Bonchev–Trinajstić information content (AvgIpc) is 2.72. The molecule has 0 amide bonds. The van der Waals surface area contributed by atoms with E-state index in [2.05, 4.69) is 10.6 Å². The van der Waals surface area contributed by atoms with Crippen molar-refractivity contribution >= 4 is 40.2 Å². The van der Waals surface area contributed by atoms with Crippen LogP contribution in [0.1, 0.15) is 38.1 Å². The highest BCUT2D eigenvalue weighted by Gasteiger charge is 2.16. The van der Waals surface area contributed by atoms with Crippen molar-refractivity contribution in [2.24, 2.45) is 9.98 Å². The molecule has 0 fully saturated rings. The highest BCUT2D eigenvalue weighted by atomic mass is 35.5. The zero-order valence-electron chi connectivity index (χ0n) is 18.2. The number of rotatable bonds is 2. The summed E-state index contributed by atoms with van der Waals surface area (Å²) in [5, 5.41) is 9.74. The van der Waals surface area contributed by atoms with E-state index in [0.29, 0.717) is 46.3 Å². The first-order valence-corrected chi connectivity index (χ1v) is 10.5. The van der Waals surface area contributed by atoms with Crippen LogP contribution in [0.25, 0.3) is 10.6 Å². The van der Waals surface area contributed by atoms with Crippen molar-refractivity contribution in [2.75, 3.05) is 13.1 Å². The minimum Gasteiger partial charge on any atom is -0.689 e. The van der Waals surface area contributed by atoms with Crippen molar-refractivity contribution in [1.29, 1.82) is 0 Å². The van der Waals surface area contributed by atoms with Gasteiger partial charge in [-0.2, -0.15) is 11.4 Å². The molecule has 2 aromatic carbocycles. The summed E-state index contributed by atoms with van der Waals surface area (Å²) in [5.74, 6) is -0.142. The Morgan fingerprint density at radius 3 is 2.16 bits per heavy atom. The Labute approximate surface area is 188 Å². The number of nitrogens with zero attached hydrogens (tertiary/aromatic N) is 4. The molecule has 6 heteroatoms. The Morgan fingerprint density at radius 1 is 0.871 bits per heavy atom. The SMILES string of the molecule is CC1=Nc2ccccc2N=C(C)/C(C(=O)c2ccc(Cl)cc2)=C(/C)[N-]CC[N-]/C(C)=C/1. The van der Waals surface area contributed by atoms with Crippen LogP contribution in [0.4, 0.5) is 11.4 Å². The fourth-order valence-electron chi connectivity index (χ4n) is 3.32. The number of hydrogen-bond donors (Lipinski definition) is 0. The highest BCUT2D eigenvalue weighted by Crippen LogP contribution is 2.30. The molecule has 2 aromatic rings. The fraction of sp³-hybridized carbons (Fsp3) is 0.240. The zero-order valence-corrected chi connectivity index (χ0v) is 18.9. The first-order valence-electron chi connectivity index (χ1n) is 10.1. The molecule has 0 bridgehead atoms. The Balaban J connectivity index is 2.13. The van der Waals surface area contributed by atoms with Crippen molar-refractivity contribution in [3.05, 3.63) is 92.8 Å². The Kier molecular flexibility index (Phi) is 7.42. The van der Waals surface area contributed by atoms with Gasteiger partial charge in [0.05, 0.1) is 11.4 Å². The molecular weight excluding hydrogens is 408 g/mol. The fourth-order valence-corrected chi connectivity index (χ4v) is 3.45. The summed E-state index contributed by atoms with van der Waals surface area (Å²) in [6.07, 6.45) is 1.94. The van der Waals surface area contributed by atoms with Gasteiger partial charge in [-0.15, -0.1) is 13.1 Å². The third-order valence-electron chi connectivity index (χ3n) is 4.75. The summed E-state index contributed by atoms with van der Waals surface area (Å²) in [7, 11) is 0. The van der Waals surface area contributed by atoms with Crippen molar-refractivity contribution in [3.8, 4) is 0 Å². The van der Waals surface area contributed by atoms with Gasteiger partial charge in [0.25, 0.3) is 0 Å². The Bertz CT molecular complexity index is 1090. The second-order valence-electron chi connectivity index (χ2n) is 7.28. The van der Waals surface area contributed by atoms with Crippen LogP contribution in [-0.4, -0.2) is 30.3 Å². The number of Topliss-reactive ketones (excluding diaryl/α,β-unsaturated/α-hetero) is 1. The van der Waals surface area contributed by atoms with E-state index in [-0.39, 0.29) is 5.78 Å². The standard InChI is InChI=1S/C25H26ClN4O/c1-16-15-17(2)29-22-7-5-6-8-23(22)30-19(4)24(18(3)28-14-13-27-16)25(31)20-9-11-21(26)12-10-20/h5-12,15H,13-14H2,1-4H3,(H-,27,28,29,30,31)/q-1/p-1. The van der Waals surface area contributed by atoms with E-state index >= 15 is 0 Å². The summed E-state index contributed by atoms with van der Waals surface area (Å²) in [6.45, 7) is 8.55. The molecule has 1 aliphatic rings. The maximum Gasteiger partial charge on any atom is 0.193 e. The maximum atomic E-state index is 13.4. The number of ketones is 1. The first kappa shape index (κ1) is 22.5. The Hall–Kier alpha value is -3.18. The third-order valence-corrected chi connectivity index (χ3v) is 5.00. The number of para-hydroxylation sites is 2. The van der Waals surface area contributed by atoms with E-state index in [9.17, 15) is 4.79 Å². The number of allylic oxidation sites excluding steroid dienone is 4. The van der Waals surface area contributed by atoms with Gasteiger partial charge in [-0.05, 0) is 50.2 Å². The van der Waals surface area contributed by atoms with Gasteiger partial charge in [-0.1, -0.05) is 43.7 Å². The smallest absolute Gasteiger partial charge is 0.193 e. The van der Waals surface area contributed by atoms with E-state index < -0.39 is 0 Å². The van der Waals surface area contributed by atoms with Gasteiger partial charge >= 0.3 is 0 Å². The summed E-state index contributed by atoms with van der Waals surface area (Å²) >= 11 is 6.00. The number of carbonyl (C=O) groups excluding carboxylic acids is 1. The number of hydrogen-bond acceptors (Lipinski definition) is 3. The topological polar surface area (TPSA) is 70.0 Å². The monoisotopic (exact) mass is 432 g/mol. The summed E-state index contributed by atoms with van der Waals surface area (Å²) < 4.78 is 0. The minimum atomic E-state index is -0.142. The van der Waals surface area contributed by atoms with Crippen LogP contribution in [0.5, 0.6) is 0 Å². The largest absolute Gasteiger partial charge is 0.689 e. The normalized spacial score (nSPS) is 19.5. The molecule has 0 saturated heterocycles. The first-order chi connectivity index (χ1) is 14.8. The molecule has 3 rings (SSSR count). The number of aliphatic imine (C=N–C) groups is 2. The average molecular weight is 433 g/mol. The second kappa shape index (κ2) is 10.2. The van der Waals surface area contributed by atoms with E-state index in [0.717, 1.165) is 17.1 Å². The number of halogens is 1. The molecule has 1 heterocycles. The van der Waals surface area contributed by atoms with Gasteiger partial charge in [0.2, 0.25) is 0 Å². The lowest BCUT2D eigenvalue weighted by atomic mass is 9.98. The molecule has 0 radical (unpaired) electrons. The van der Waals surface area contributed by atoms with Crippen LogP contribution in [-0.2, 0) is 0 Å². The lowest BCUT2D eigenvalue weighted by Crippen LogP contribution is -2.14. The van der Waals surface area contributed by atoms with Crippen molar-refractivity contribution < 1.29 is 4.79 Å². The predicted octanol–water partition coefficient (Wildman–Crippen LogP) is 7.35. The van der Waals surface area contributed by atoms with Crippen molar-refractivity contribution in [1.82, 2.24) is 0 Å². The van der Waals surface area contributed by atoms with Crippen LogP contribution in [0.15, 0.2) is 81.6 Å². The van der Waals surface area contributed by atoms with Crippen molar-refractivity contribution in [3.63, 3.8) is 0 Å². The molecule has 160 valence electrons. The lowest BCUT2D eigenvalue weighted by molar-refractivity contribution is 0.103. The van der Waals surface area contributed by atoms with Crippen LogP contribution < -0.4 is 0 Å². The van der Waals surface area contributed by atoms with E-state index in [1.54, 1.807) is 24.3 Å². The second-order valence-corrected chi connectivity index (χ2v) is 7.72. The van der Waals surface area contributed by atoms with Crippen LogP contribution in [0, 0.1) is 0 Å². The quantitative estimate of drug-likeness (QED) is 0.457. The van der Waals surface area contributed by atoms with Gasteiger partial charge in [-0.3, -0.25) is 14.8 Å². The van der Waals surface area contributed by atoms with Gasteiger partial charge in [0.1, 0.15) is 0 Å². The van der Waals surface area contributed by atoms with Gasteiger partial charge in [-0.25, -0.2) is 0 Å². The molecule has 0 aromatic heterocycles. The third kappa shape index (κ3) is 5.92. The summed E-state index contributed by atoms with van der Waals surface area (Å²) in [6, 6.07) is 14.5.